The lowest BCUT2D eigenvalue weighted by Gasteiger charge is -2.04. The van der Waals surface area contributed by atoms with Crippen molar-refractivity contribution in [3.63, 3.8) is 0 Å². The van der Waals surface area contributed by atoms with Gasteiger partial charge in [0.1, 0.15) is 0 Å². The van der Waals surface area contributed by atoms with E-state index in [9.17, 15) is 9.59 Å². The van der Waals surface area contributed by atoms with Crippen LogP contribution in [0.2, 0.25) is 0 Å². The Morgan fingerprint density at radius 1 is 1.37 bits per heavy atom. The van der Waals surface area contributed by atoms with Gasteiger partial charge in [-0.15, -0.1) is 0 Å². The fourth-order valence-corrected chi connectivity index (χ4v) is 1.25. The van der Waals surface area contributed by atoms with Gasteiger partial charge in [-0.2, -0.15) is 4.99 Å². The Labute approximate surface area is 112 Å². The van der Waals surface area contributed by atoms with Crippen LogP contribution in [0.5, 0.6) is 0 Å². The van der Waals surface area contributed by atoms with Crippen LogP contribution in [0.25, 0.3) is 0 Å². The van der Waals surface area contributed by atoms with Crippen LogP contribution in [0.1, 0.15) is 25.3 Å². The monoisotopic (exact) mass is 265 g/mol. The number of carbonyl (C=O) groups is 1. The Balaban J connectivity index is 0.000000555. The maximum atomic E-state index is 10.6. The molecule has 1 unspecified atom stereocenters. The summed E-state index contributed by atoms with van der Waals surface area (Å²) in [6, 6.07) is 7.99. The summed E-state index contributed by atoms with van der Waals surface area (Å²) < 4.78 is 0. The van der Waals surface area contributed by atoms with Crippen molar-refractivity contribution in [2.24, 2.45) is 4.99 Å². The first-order chi connectivity index (χ1) is 9.15. The Bertz CT molecular complexity index is 395. The standard InChI is InChI=1S/C10H9NO3.C4H10O/c12-7-11-9(10(13)14)6-8-4-2-1-3-5-8;1-2-3-4-5/h1-5,9H,6H2,(H,13,14);5H,2-4H2,1H3. The highest BCUT2D eigenvalue weighted by atomic mass is 16.4. The first-order valence-corrected chi connectivity index (χ1v) is 6.10. The molecule has 0 bridgehead atoms. The fourth-order valence-electron chi connectivity index (χ4n) is 1.25. The van der Waals surface area contributed by atoms with Crippen molar-refractivity contribution in [3.8, 4) is 0 Å². The zero-order valence-electron chi connectivity index (χ0n) is 11.0. The molecule has 104 valence electrons. The highest BCUT2D eigenvalue weighted by Crippen LogP contribution is 2.05. The molecule has 0 saturated carbocycles. The van der Waals surface area contributed by atoms with Crippen LogP contribution < -0.4 is 0 Å². The number of aliphatic carboxylic acids is 1. The molecule has 0 aliphatic carbocycles. The van der Waals surface area contributed by atoms with E-state index in [4.69, 9.17) is 10.2 Å². The minimum Gasteiger partial charge on any atom is -0.480 e. The maximum absolute atomic E-state index is 10.6. The van der Waals surface area contributed by atoms with Crippen LogP contribution in [-0.4, -0.2) is 34.9 Å². The molecule has 5 nitrogen and oxygen atoms in total. The third kappa shape index (κ3) is 8.71. The van der Waals surface area contributed by atoms with Crippen molar-refractivity contribution >= 4 is 12.0 Å². The number of hydrogen-bond acceptors (Lipinski definition) is 4. The average Bonchev–Trinajstić information content (AvgIpc) is 2.41. The normalized spacial score (nSPS) is 10.6. The minimum absolute atomic E-state index is 0.214. The highest BCUT2D eigenvalue weighted by molar-refractivity contribution is 5.75. The molecule has 1 rings (SSSR count). The van der Waals surface area contributed by atoms with Gasteiger partial charge in [0.15, 0.2) is 6.04 Å². The van der Waals surface area contributed by atoms with Gasteiger partial charge in [-0.1, -0.05) is 43.7 Å². The predicted molar refractivity (Wildman–Crippen MR) is 71.7 cm³/mol. The van der Waals surface area contributed by atoms with Gasteiger partial charge in [0.05, 0.1) is 0 Å². The number of carboxylic acids is 1. The summed E-state index contributed by atoms with van der Waals surface area (Å²) in [5.41, 5.74) is 0.832. The van der Waals surface area contributed by atoms with Gasteiger partial charge in [-0.25, -0.2) is 9.59 Å². The van der Waals surface area contributed by atoms with Crippen LogP contribution in [0.15, 0.2) is 35.3 Å². The lowest BCUT2D eigenvalue weighted by atomic mass is 10.1. The molecular formula is C14H19NO4. The Morgan fingerprint density at radius 2 is 2.00 bits per heavy atom. The number of aliphatic hydroxyl groups is 1. The third-order valence-electron chi connectivity index (χ3n) is 2.28. The SMILES string of the molecule is CCCCO.O=C=NC(Cc1ccccc1)C(=O)O. The van der Waals surface area contributed by atoms with E-state index in [1.807, 2.05) is 6.07 Å². The zero-order valence-corrected chi connectivity index (χ0v) is 11.0. The van der Waals surface area contributed by atoms with E-state index < -0.39 is 12.0 Å². The van der Waals surface area contributed by atoms with E-state index in [1.54, 1.807) is 24.3 Å². The van der Waals surface area contributed by atoms with Crippen molar-refractivity contribution in [3.05, 3.63) is 35.9 Å². The van der Waals surface area contributed by atoms with Crippen molar-refractivity contribution in [1.82, 2.24) is 0 Å². The summed E-state index contributed by atoms with van der Waals surface area (Å²) in [7, 11) is 0. The first kappa shape index (κ1) is 17.0. The Hall–Kier alpha value is -1.97. The molecule has 0 spiro atoms. The molecule has 2 N–H and O–H groups in total. The number of benzene rings is 1. The van der Waals surface area contributed by atoms with Crippen LogP contribution in [-0.2, 0) is 16.0 Å². The van der Waals surface area contributed by atoms with E-state index in [0.717, 1.165) is 18.4 Å². The molecule has 0 amide bonds. The number of hydrogen-bond donors (Lipinski definition) is 2. The Kier molecular flexibility index (Phi) is 9.98. The molecule has 0 aromatic heterocycles. The predicted octanol–water partition coefficient (Wildman–Crippen LogP) is 1.80. The van der Waals surface area contributed by atoms with E-state index in [0.29, 0.717) is 6.61 Å². The highest BCUT2D eigenvalue weighted by Gasteiger charge is 2.16. The number of rotatable bonds is 6. The van der Waals surface area contributed by atoms with Gasteiger partial charge in [-0.05, 0) is 12.0 Å². The van der Waals surface area contributed by atoms with Gasteiger partial charge in [-0.3, -0.25) is 0 Å². The van der Waals surface area contributed by atoms with Crippen LogP contribution in [0.4, 0.5) is 0 Å². The Morgan fingerprint density at radius 3 is 2.37 bits per heavy atom. The third-order valence-corrected chi connectivity index (χ3v) is 2.28. The maximum Gasteiger partial charge on any atom is 0.329 e. The molecular weight excluding hydrogens is 246 g/mol. The van der Waals surface area contributed by atoms with Crippen LogP contribution in [0, 0.1) is 0 Å². The topological polar surface area (TPSA) is 87.0 Å². The second-order valence-corrected chi connectivity index (χ2v) is 3.84. The second kappa shape index (κ2) is 11.1. The van der Waals surface area contributed by atoms with E-state index >= 15 is 0 Å². The van der Waals surface area contributed by atoms with Gasteiger partial charge < -0.3 is 10.2 Å². The average molecular weight is 265 g/mol. The second-order valence-electron chi connectivity index (χ2n) is 3.84. The molecule has 0 radical (unpaired) electrons. The molecule has 19 heavy (non-hydrogen) atoms. The van der Waals surface area contributed by atoms with Gasteiger partial charge in [0.2, 0.25) is 6.08 Å². The molecule has 5 heteroatoms. The lowest BCUT2D eigenvalue weighted by molar-refractivity contribution is -0.138. The molecule has 0 saturated heterocycles. The minimum atomic E-state index is -1.11. The van der Waals surface area contributed by atoms with Crippen molar-refractivity contribution < 1.29 is 19.8 Å². The number of aliphatic hydroxyl groups excluding tert-OH is 1. The van der Waals surface area contributed by atoms with Crippen molar-refractivity contribution in [1.29, 1.82) is 0 Å². The van der Waals surface area contributed by atoms with Gasteiger partial charge >= 0.3 is 5.97 Å². The summed E-state index contributed by atoms with van der Waals surface area (Å²) in [5.74, 6) is -1.11. The van der Waals surface area contributed by atoms with Crippen LogP contribution >= 0.6 is 0 Å². The number of isocyanates is 1. The molecule has 0 fully saturated rings. The molecule has 1 aromatic rings. The molecule has 0 aliphatic rings. The number of carboxylic acid groups (broad SMARTS) is 1. The van der Waals surface area contributed by atoms with Crippen molar-refractivity contribution in [2.45, 2.75) is 32.2 Å². The first-order valence-electron chi connectivity index (χ1n) is 6.10. The largest absolute Gasteiger partial charge is 0.480 e. The molecule has 0 heterocycles. The number of carbonyl (C=O) groups excluding carboxylic acids is 1. The fraction of sp³-hybridized carbons (Fsp3) is 0.429. The van der Waals surface area contributed by atoms with Gasteiger partial charge in [0, 0.05) is 13.0 Å². The lowest BCUT2D eigenvalue weighted by Crippen LogP contribution is -2.20. The molecule has 0 aliphatic heterocycles. The number of aliphatic imine (C=N–C) groups is 1. The van der Waals surface area contributed by atoms with Crippen LogP contribution in [0.3, 0.4) is 0 Å². The number of unbranched alkanes of at least 4 members (excludes halogenated alkanes) is 1. The molecule has 1 atom stereocenters. The quantitative estimate of drug-likeness (QED) is 0.606. The van der Waals surface area contributed by atoms with E-state index in [1.165, 1.54) is 6.08 Å². The summed E-state index contributed by atoms with van der Waals surface area (Å²) in [4.78, 5) is 23.8. The molecule has 1 aromatic carbocycles. The van der Waals surface area contributed by atoms with Gasteiger partial charge in [0.25, 0.3) is 0 Å². The van der Waals surface area contributed by atoms with E-state index in [-0.39, 0.29) is 6.42 Å². The summed E-state index contributed by atoms with van der Waals surface area (Å²) in [6.07, 6.45) is 3.52. The van der Waals surface area contributed by atoms with Crippen molar-refractivity contribution in [2.75, 3.05) is 6.61 Å². The van der Waals surface area contributed by atoms with E-state index in [2.05, 4.69) is 11.9 Å². The summed E-state index contributed by atoms with van der Waals surface area (Å²) >= 11 is 0. The zero-order chi connectivity index (χ0) is 14.5. The number of nitrogens with zero attached hydrogens (tertiary/aromatic N) is 1. The summed E-state index contributed by atoms with van der Waals surface area (Å²) in [6.45, 7) is 2.40. The summed E-state index contributed by atoms with van der Waals surface area (Å²) in [5, 5.41) is 16.8. The smallest absolute Gasteiger partial charge is 0.329 e.